The van der Waals surface area contributed by atoms with Crippen molar-refractivity contribution in [3.05, 3.63) is 29.3 Å². The van der Waals surface area contributed by atoms with Crippen LogP contribution in [0.15, 0.2) is 29.3 Å². The Kier molecular flexibility index (Phi) is 9.51. The molecule has 0 aliphatic carbocycles. The second-order valence-corrected chi connectivity index (χ2v) is 10.7. The van der Waals surface area contributed by atoms with Crippen molar-refractivity contribution in [2.75, 3.05) is 51.1 Å². The molecule has 7 nitrogen and oxygen atoms in total. The topological polar surface area (TPSA) is 83.0 Å². The van der Waals surface area contributed by atoms with Crippen LogP contribution >= 0.6 is 35.6 Å². The first kappa shape index (κ1) is 25.5. The molecule has 2 aliphatic rings. The lowest BCUT2D eigenvalue weighted by atomic mass is 9.99. The smallest absolute Gasteiger partial charge is 0.191 e. The summed E-state index contributed by atoms with van der Waals surface area (Å²) in [5, 5.41) is 7.48. The lowest BCUT2D eigenvalue weighted by Gasteiger charge is -2.37. The number of piperidine rings is 1. The highest BCUT2D eigenvalue weighted by molar-refractivity contribution is 14.0. The van der Waals surface area contributed by atoms with Crippen LogP contribution < -0.4 is 15.5 Å². The lowest BCUT2D eigenvalue weighted by molar-refractivity contribution is 0.0756. The zero-order chi connectivity index (χ0) is 20.9. The lowest BCUT2D eigenvalue weighted by Crippen LogP contribution is -2.56. The zero-order valence-corrected chi connectivity index (χ0v) is 21.5. The van der Waals surface area contributed by atoms with Crippen LogP contribution in [0.2, 0.25) is 5.02 Å². The average molecular weight is 571 g/mol. The quantitative estimate of drug-likeness (QED) is 0.322. The van der Waals surface area contributed by atoms with E-state index in [-0.39, 0.29) is 30.0 Å². The summed E-state index contributed by atoms with van der Waals surface area (Å²) in [7, 11) is -1.51. The Morgan fingerprint density at radius 1 is 1.33 bits per heavy atom. The molecular formula is C20H32ClIN4O3S. The summed E-state index contributed by atoms with van der Waals surface area (Å²) in [6.45, 7) is 3.04. The molecule has 2 aliphatic heterocycles. The molecule has 3 rings (SSSR count). The van der Waals surface area contributed by atoms with Crippen LogP contribution in [0.5, 0.6) is 0 Å². The number of hydrogen-bond acceptors (Lipinski definition) is 5. The van der Waals surface area contributed by atoms with Crippen LogP contribution in [0.4, 0.5) is 5.69 Å². The third-order valence-corrected chi connectivity index (χ3v) is 8.39. The summed E-state index contributed by atoms with van der Waals surface area (Å²) in [5.41, 5.74) is 1.04. The van der Waals surface area contributed by atoms with E-state index >= 15 is 0 Å². The summed E-state index contributed by atoms with van der Waals surface area (Å²) < 4.78 is 29.5. The minimum absolute atomic E-state index is 0. The average Bonchev–Trinajstić information content (AvgIpc) is 2.71. The van der Waals surface area contributed by atoms with E-state index in [2.05, 4.69) is 20.5 Å². The minimum atomic E-state index is -3.22. The Morgan fingerprint density at radius 3 is 2.67 bits per heavy atom. The number of para-hydroxylation sites is 1. The zero-order valence-electron chi connectivity index (χ0n) is 17.6. The van der Waals surface area contributed by atoms with E-state index < -0.39 is 14.6 Å². The van der Waals surface area contributed by atoms with Crippen molar-refractivity contribution < 1.29 is 13.2 Å². The SMILES string of the molecule is CN=C(NCC1(S(C)(=O)=O)CCOCC1)NC1CCCN(c2ccccc2Cl)C1.I. The predicted molar refractivity (Wildman–Crippen MR) is 134 cm³/mol. The number of halogens is 2. The van der Waals surface area contributed by atoms with Gasteiger partial charge >= 0.3 is 0 Å². The monoisotopic (exact) mass is 570 g/mol. The number of rotatable bonds is 5. The molecule has 2 saturated heterocycles. The van der Waals surface area contributed by atoms with Crippen molar-refractivity contribution in [1.82, 2.24) is 10.6 Å². The van der Waals surface area contributed by atoms with Gasteiger partial charge in [-0.05, 0) is 37.8 Å². The molecule has 30 heavy (non-hydrogen) atoms. The van der Waals surface area contributed by atoms with Gasteiger partial charge < -0.3 is 20.3 Å². The number of nitrogens with one attached hydrogen (secondary N) is 2. The number of benzene rings is 1. The number of hydrogen-bond donors (Lipinski definition) is 2. The molecule has 1 unspecified atom stereocenters. The molecule has 0 amide bonds. The third kappa shape index (κ3) is 6.14. The molecule has 2 fully saturated rings. The van der Waals surface area contributed by atoms with Crippen LogP contribution in [-0.2, 0) is 14.6 Å². The van der Waals surface area contributed by atoms with Crippen molar-refractivity contribution in [3.63, 3.8) is 0 Å². The van der Waals surface area contributed by atoms with Gasteiger partial charge in [-0.3, -0.25) is 4.99 Å². The van der Waals surface area contributed by atoms with Gasteiger partial charge in [-0.1, -0.05) is 23.7 Å². The Labute approximate surface area is 201 Å². The molecule has 2 N–H and O–H groups in total. The van der Waals surface area contributed by atoms with Crippen molar-refractivity contribution in [1.29, 1.82) is 0 Å². The molecule has 0 radical (unpaired) electrons. The second-order valence-electron chi connectivity index (χ2n) is 7.87. The fraction of sp³-hybridized carbons (Fsp3) is 0.650. The van der Waals surface area contributed by atoms with Crippen molar-refractivity contribution in [3.8, 4) is 0 Å². The summed E-state index contributed by atoms with van der Waals surface area (Å²) in [6.07, 6.45) is 4.38. The van der Waals surface area contributed by atoms with E-state index in [0.29, 0.717) is 38.6 Å². The van der Waals surface area contributed by atoms with Crippen LogP contribution in [0.3, 0.4) is 0 Å². The maximum absolute atomic E-state index is 12.5. The Bertz CT molecular complexity index is 831. The second kappa shape index (κ2) is 11.2. The Morgan fingerprint density at radius 2 is 2.03 bits per heavy atom. The number of aliphatic imine (C=N–C) groups is 1. The van der Waals surface area contributed by atoms with Crippen molar-refractivity contribution in [2.45, 2.75) is 36.5 Å². The Balaban J connectivity index is 0.00000320. The maximum Gasteiger partial charge on any atom is 0.191 e. The molecule has 0 bridgehead atoms. The maximum atomic E-state index is 12.5. The molecule has 1 aromatic carbocycles. The van der Waals surface area contributed by atoms with Gasteiger partial charge in [0.2, 0.25) is 0 Å². The predicted octanol–water partition coefficient (Wildman–Crippen LogP) is 2.69. The first-order valence-corrected chi connectivity index (χ1v) is 12.4. The van der Waals surface area contributed by atoms with Crippen molar-refractivity contribution >= 4 is 57.1 Å². The highest BCUT2D eigenvalue weighted by Gasteiger charge is 2.42. The molecule has 0 saturated carbocycles. The van der Waals surface area contributed by atoms with Crippen LogP contribution in [0, 0.1) is 0 Å². The molecule has 10 heteroatoms. The largest absolute Gasteiger partial charge is 0.381 e. The molecular weight excluding hydrogens is 539 g/mol. The third-order valence-electron chi connectivity index (χ3n) is 5.95. The van der Waals surface area contributed by atoms with Gasteiger partial charge in [0.05, 0.1) is 15.5 Å². The van der Waals surface area contributed by atoms with Gasteiger partial charge in [-0.2, -0.15) is 0 Å². The summed E-state index contributed by atoms with van der Waals surface area (Å²) in [5.74, 6) is 0.630. The van der Waals surface area contributed by atoms with Gasteiger partial charge in [-0.15, -0.1) is 24.0 Å². The minimum Gasteiger partial charge on any atom is -0.381 e. The number of sulfone groups is 1. The summed E-state index contributed by atoms with van der Waals surface area (Å²) in [4.78, 5) is 6.60. The van der Waals surface area contributed by atoms with Crippen LogP contribution in [-0.4, -0.2) is 71.3 Å². The van der Waals surface area contributed by atoms with Gasteiger partial charge in [0.15, 0.2) is 15.8 Å². The van der Waals surface area contributed by atoms with Gasteiger partial charge in [-0.25, -0.2) is 8.42 Å². The summed E-state index contributed by atoms with van der Waals surface area (Å²) in [6, 6.07) is 8.09. The number of ether oxygens (including phenoxy) is 1. The van der Waals surface area contributed by atoms with E-state index in [1.807, 2.05) is 24.3 Å². The van der Waals surface area contributed by atoms with Crippen LogP contribution in [0.25, 0.3) is 0 Å². The highest BCUT2D eigenvalue weighted by Crippen LogP contribution is 2.29. The Hall–Kier alpha value is -0.780. The van der Waals surface area contributed by atoms with Crippen LogP contribution in [0.1, 0.15) is 25.7 Å². The van der Waals surface area contributed by atoms with E-state index in [9.17, 15) is 8.42 Å². The first-order chi connectivity index (χ1) is 13.8. The molecule has 1 aromatic rings. The molecule has 1 atom stereocenters. The fourth-order valence-corrected chi connectivity index (χ4v) is 5.57. The standard InChI is InChI=1S/C20H31ClN4O3S.HI/c1-22-19(23-15-20(29(2,26)27)9-12-28-13-10-20)24-16-6-5-11-25(14-16)18-8-4-3-7-17(18)21;/h3-4,7-8,16H,5-6,9-15H2,1-2H3,(H2,22,23,24);1H. The fourth-order valence-electron chi connectivity index (χ4n) is 4.08. The number of guanidine groups is 1. The van der Waals surface area contributed by atoms with E-state index in [1.54, 1.807) is 7.05 Å². The molecule has 2 heterocycles. The number of nitrogens with zero attached hydrogens (tertiary/aromatic N) is 2. The van der Waals surface area contributed by atoms with Gasteiger partial charge in [0.1, 0.15) is 0 Å². The van der Waals surface area contributed by atoms with E-state index in [1.165, 1.54) is 6.26 Å². The van der Waals surface area contributed by atoms with E-state index in [0.717, 1.165) is 36.6 Å². The highest BCUT2D eigenvalue weighted by atomic mass is 127. The molecule has 0 spiro atoms. The number of anilines is 1. The van der Waals surface area contributed by atoms with Crippen molar-refractivity contribution in [2.24, 2.45) is 4.99 Å². The van der Waals surface area contributed by atoms with Gasteiger partial charge in [0, 0.05) is 52.2 Å². The molecule has 170 valence electrons. The van der Waals surface area contributed by atoms with E-state index in [4.69, 9.17) is 16.3 Å². The molecule has 0 aromatic heterocycles. The normalized spacial score (nSPS) is 22.2. The summed E-state index contributed by atoms with van der Waals surface area (Å²) >= 11 is 6.37. The van der Waals surface area contributed by atoms with Gasteiger partial charge in [0.25, 0.3) is 0 Å². The first-order valence-electron chi connectivity index (χ1n) is 10.1.